The molecule has 4 fully saturated rings. The molecule has 2 aliphatic heterocycles. The molecule has 2 saturated carbocycles. The lowest BCUT2D eigenvalue weighted by atomic mass is 9.79. The minimum atomic E-state index is -0.443. The first-order valence-corrected chi connectivity index (χ1v) is 15.4. The van der Waals surface area contributed by atoms with E-state index in [1.165, 1.54) is 62.5 Å². The molecule has 40 heavy (non-hydrogen) atoms. The van der Waals surface area contributed by atoms with E-state index >= 15 is 0 Å². The van der Waals surface area contributed by atoms with Crippen LogP contribution in [0, 0.1) is 11.8 Å². The van der Waals surface area contributed by atoms with Crippen LogP contribution >= 0.6 is 0 Å². The maximum absolute atomic E-state index is 12.9. The SMILES string of the molecule is CC1CCC(c2ccc(OCOC3COC4C(OC(=O)c5ccc(C6CCC(C)CC6)cc5)COC34)cc2)CC1. The van der Waals surface area contributed by atoms with Crippen LogP contribution in [-0.2, 0) is 18.9 Å². The predicted molar refractivity (Wildman–Crippen MR) is 153 cm³/mol. The fourth-order valence-corrected chi connectivity index (χ4v) is 6.98. The lowest BCUT2D eigenvalue weighted by molar-refractivity contribution is -0.0839. The van der Waals surface area contributed by atoms with Gasteiger partial charge in [0.2, 0.25) is 0 Å². The van der Waals surface area contributed by atoms with Crippen molar-refractivity contribution >= 4 is 5.97 Å². The molecular weight excluding hydrogens is 504 g/mol. The summed E-state index contributed by atoms with van der Waals surface area (Å²) in [4.78, 5) is 12.9. The van der Waals surface area contributed by atoms with Crippen LogP contribution in [0.1, 0.15) is 98.5 Å². The smallest absolute Gasteiger partial charge is 0.338 e. The third kappa shape index (κ3) is 6.40. The summed E-state index contributed by atoms with van der Waals surface area (Å²) in [5.74, 6) is 3.41. The van der Waals surface area contributed by atoms with Gasteiger partial charge in [0.25, 0.3) is 0 Å². The molecule has 6 heteroatoms. The number of fused-ring (bicyclic) bond motifs is 1. The van der Waals surface area contributed by atoms with Crippen molar-refractivity contribution in [3.05, 3.63) is 65.2 Å². The standard InChI is InChI=1S/C34H44O6/c1-22-3-7-24(8-4-22)26-11-13-28(14-12-26)34(35)40-31-20-37-32-30(19-36-33(31)32)39-21-38-29-17-15-27(16-18-29)25-9-5-23(2)6-10-25/h11-18,22-25,30-33H,3-10,19-21H2,1-2H3. The second-order valence-electron chi connectivity index (χ2n) is 12.6. The summed E-state index contributed by atoms with van der Waals surface area (Å²) >= 11 is 0. The molecule has 0 amide bonds. The van der Waals surface area contributed by atoms with Gasteiger partial charge in [0, 0.05) is 0 Å². The highest BCUT2D eigenvalue weighted by Crippen LogP contribution is 2.37. The van der Waals surface area contributed by atoms with Gasteiger partial charge in [-0.25, -0.2) is 4.79 Å². The first-order valence-electron chi connectivity index (χ1n) is 15.4. The summed E-state index contributed by atoms with van der Waals surface area (Å²) in [5.41, 5.74) is 3.30. The van der Waals surface area contributed by atoms with Gasteiger partial charge in [0.05, 0.1) is 18.8 Å². The van der Waals surface area contributed by atoms with Crippen LogP contribution in [0.25, 0.3) is 0 Å². The summed E-state index contributed by atoms with van der Waals surface area (Å²) in [6.45, 7) is 5.50. The summed E-state index contributed by atoms with van der Waals surface area (Å²) in [6, 6.07) is 16.4. The average molecular weight is 549 g/mol. The first-order chi connectivity index (χ1) is 19.5. The molecule has 4 aliphatic rings. The van der Waals surface area contributed by atoms with Gasteiger partial charge < -0.3 is 23.7 Å². The molecule has 6 nitrogen and oxygen atoms in total. The Bertz CT molecular complexity index is 1100. The molecule has 6 rings (SSSR count). The maximum Gasteiger partial charge on any atom is 0.338 e. The van der Waals surface area contributed by atoms with E-state index in [4.69, 9.17) is 23.7 Å². The molecule has 2 aromatic rings. The van der Waals surface area contributed by atoms with Crippen molar-refractivity contribution in [1.29, 1.82) is 0 Å². The van der Waals surface area contributed by atoms with E-state index in [1.54, 1.807) is 0 Å². The van der Waals surface area contributed by atoms with Crippen LogP contribution in [0.5, 0.6) is 5.75 Å². The highest BCUT2D eigenvalue weighted by molar-refractivity contribution is 5.89. The maximum atomic E-state index is 12.9. The molecule has 0 spiro atoms. The Morgan fingerprint density at radius 1 is 0.700 bits per heavy atom. The van der Waals surface area contributed by atoms with Crippen LogP contribution in [0.15, 0.2) is 48.5 Å². The van der Waals surface area contributed by atoms with Crippen molar-refractivity contribution in [3.8, 4) is 5.75 Å². The van der Waals surface area contributed by atoms with Crippen molar-refractivity contribution in [2.45, 2.75) is 101 Å². The molecule has 2 aromatic carbocycles. The van der Waals surface area contributed by atoms with Gasteiger partial charge in [-0.15, -0.1) is 0 Å². The Labute approximate surface area is 238 Å². The predicted octanol–water partition coefficient (Wildman–Crippen LogP) is 7.02. The Balaban J connectivity index is 0.944. The highest BCUT2D eigenvalue weighted by atomic mass is 16.7. The zero-order valence-corrected chi connectivity index (χ0v) is 24.0. The molecule has 4 atom stereocenters. The molecule has 0 bridgehead atoms. The molecule has 2 aliphatic carbocycles. The minimum absolute atomic E-state index is 0.123. The van der Waals surface area contributed by atoms with Crippen molar-refractivity contribution in [2.24, 2.45) is 11.8 Å². The molecule has 216 valence electrons. The van der Waals surface area contributed by atoms with Gasteiger partial charge in [0.15, 0.2) is 12.9 Å². The van der Waals surface area contributed by atoms with E-state index in [-0.39, 0.29) is 31.1 Å². The number of hydrogen-bond donors (Lipinski definition) is 0. The molecule has 4 unspecified atom stereocenters. The van der Waals surface area contributed by atoms with E-state index in [1.807, 2.05) is 24.3 Å². The second kappa shape index (κ2) is 12.6. The van der Waals surface area contributed by atoms with Crippen LogP contribution in [0.2, 0.25) is 0 Å². The van der Waals surface area contributed by atoms with Gasteiger partial charge in [-0.2, -0.15) is 0 Å². The summed E-state index contributed by atoms with van der Waals surface area (Å²) in [7, 11) is 0. The monoisotopic (exact) mass is 548 g/mol. The number of rotatable bonds is 8. The van der Waals surface area contributed by atoms with Crippen LogP contribution < -0.4 is 4.74 Å². The van der Waals surface area contributed by atoms with Crippen LogP contribution in [0.3, 0.4) is 0 Å². The van der Waals surface area contributed by atoms with Gasteiger partial charge in [0.1, 0.15) is 24.1 Å². The van der Waals surface area contributed by atoms with Crippen molar-refractivity contribution < 1.29 is 28.5 Å². The Morgan fingerprint density at radius 3 is 1.77 bits per heavy atom. The lowest BCUT2D eigenvalue weighted by Crippen LogP contribution is -2.35. The highest BCUT2D eigenvalue weighted by Gasteiger charge is 2.50. The quantitative estimate of drug-likeness (QED) is 0.261. The molecule has 0 N–H and O–H groups in total. The number of ether oxygens (including phenoxy) is 5. The van der Waals surface area contributed by atoms with E-state index < -0.39 is 6.10 Å². The molecule has 0 aromatic heterocycles. The number of carbonyl (C=O) groups excluding carboxylic acids is 1. The summed E-state index contributed by atoms with van der Waals surface area (Å²) < 4.78 is 29.6. The Morgan fingerprint density at radius 2 is 1.20 bits per heavy atom. The van der Waals surface area contributed by atoms with E-state index in [0.717, 1.165) is 17.6 Å². The molecule has 0 radical (unpaired) electrons. The molecule has 2 heterocycles. The fraction of sp³-hybridized carbons (Fsp3) is 0.618. The Hall–Kier alpha value is -2.41. The Kier molecular flexibility index (Phi) is 8.76. The zero-order chi connectivity index (χ0) is 27.5. The van der Waals surface area contributed by atoms with E-state index in [0.29, 0.717) is 30.6 Å². The van der Waals surface area contributed by atoms with Crippen molar-refractivity contribution in [2.75, 3.05) is 20.0 Å². The van der Waals surface area contributed by atoms with E-state index in [9.17, 15) is 4.79 Å². The van der Waals surface area contributed by atoms with Crippen molar-refractivity contribution in [3.63, 3.8) is 0 Å². The van der Waals surface area contributed by atoms with Gasteiger partial charge >= 0.3 is 5.97 Å². The number of carbonyl (C=O) groups is 1. The normalized spacial score (nSPS) is 33.9. The average Bonchev–Trinajstić information content (AvgIpc) is 3.57. The number of hydrogen-bond acceptors (Lipinski definition) is 6. The molecule has 2 saturated heterocycles. The first kappa shape index (κ1) is 27.7. The van der Waals surface area contributed by atoms with Crippen LogP contribution in [0.4, 0.5) is 0 Å². The summed E-state index contributed by atoms with van der Waals surface area (Å²) in [6.07, 6.45) is 8.91. The fourth-order valence-electron chi connectivity index (χ4n) is 6.98. The number of esters is 1. The minimum Gasteiger partial charge on any atom is -0.468 e. The van der Waals surface area contributed by atoms with Crippen LogP contribution in [-0.4, -0.2) is 50.4 Å². The molecular formula is C34H44O6. The van der Waals surface area contributed by atoms with Gasteiger partial charge in [-0.05, 0) is 84.7 Å². The number of benzene rings is 2. The largest absolute Gasteiger partial charge is 0.468 e. The van der Waals surface area contributed by atoms with E-state index in [2.05, 4.69) is 38.1 Å². The zero-order valence-electron chi connectivity index (χ0n) is 24.0. The van der Waals surface area contributed by atoms with Gasteiger partial charge in [-0.1, -0.05) is 63.8 Å². The third-order valence-electron chi connectivity index (χ3n) is 9.73. The summed E-state index contributed by atoms with van der Waals surface area (Å²) in [5, 5.41) is 0. The second-order valence-corrected chi connectivity index (χ2v) is 12.6. The topological polar surface area (TPSA) is 63.2 Å². The third-order valence-corrected chi connectivity index (χ3v) is 9.73. The van der Waals surface area contributed by atoms with Crippen molar-refractivity contribution in [1.82, 2.24) is 0 Å². The lowest BCUT2D eigenvalue weighted by Gasteiger charge is -2.26. The van der Waals surface area contributed by atoms with Gasteiger partial charge in [-0.3, -0.25) is 0 Å².